The third-order valence-corrected chi connectivity index (χ3v) is 3.03. The van der Waals surface area contributed by atoms with Crippen LogP contribution in [-0.4, -0.2) is 0 Å². The van der Waals surface area contributed by atoms with Crippen LogP contribution in [-0.2, 0) is 0 Å². The molecule has 69 valence electrons. The summed E-state index contributed by atoms with van der Waals surface area (Å²) >= 11 is 5.84. The smallest absolute Gasteiger partial charge is 0.0406 e. The molecule has 0 saturated heterocycles. The Hall–Kier alpha value is -0.490. The zero-order valence-corrected chi connectivity index (χ0v) is 8.43. The van der Waals surface area contributed by atoms with E-state index >= 15 is 0 Å². The number of hydrogen-bond acceptors (Lipinski definition) is 0. The van der Waals surface area contributed by atoms with Gasteiger partial charge < -0.3 is 0 Å². The van der Waals surface area contributed by atoms with Crippen molar-refractivity contribution in [3.05, 3.63) is 41.3 Å². The van der Waals surface area contributed by atoms with E-state index in [9.17, 15) is 0 Å². The van der Waals surface area contributed by atoms with Crippen LogP contribution in [0, 0.1) is 6.42 Å². The van der Waals surface area contributed by atoms with Gasteiger partial charge in [-0.3, -0.25) is 0 Å². The van der Waals surface area contributed by atoms with E-state index in [1.807, 2.05) is 12.1 Å². The standard InChI is InChI=1S/C12H14Cl/c13-12-8-6-11(7-9-12)10-4-2-1-3-5-10/h1,6-10H,2-5H2. The van der Waals surface area contributed by atoms with Crippen LogP contribution in [0.5, 0.6) is 0 Å². The van der Waals surface area contributed by atoms with Crippen molar-refractivity contribution in [2.45, 2.75) is 31.6 Å². The lowest BCUT2D eigenvalue weighted by atomic mass is 9.84. The Morgan fingerprint density at radius 3 is 2.23 bits per heavy atom. The fraction of sp³-hybridized carbons (Fsp3) is 0.417. The normalized spacial score (nSPS) is 18.8. The summed E-state index contributed by atoms with van der Waals surface area (Å²) in [6, 6.07) is 8.32. The quantitative estimate of drug-likeness (QED) is 0.627. The van der Waals surface area contributed by atoms with E-state index in [1.165, 1.54) is 31.2 Å². The molecule has 0 spiro atoms. The molecule has 0 bridgehead atoms. The van der Waals surface area contributed by atoms with Gasteiger partial charge in [0.05, 0.1) is 0 Å². The van der Waals surface area contributed by atoms with Gasteiger partial charge in [0.15, 0.2) is 0 Å². The summed E-state index contributed by atoms with van der Waals surface area (Å²) in [7, 11) is 0. The lowest BCUT2D eigenvalue weighted by molar-refractivity contribution is 0.512. The molecule has 1 aliphatic carbocycles. The minimum Gasteiger partial charge on any atom is -0.0843 e. The van der Waals surface area contributed by atoms with Crippen LogP contribution in [0.15, 0.2) is 24.3 Å². The van der Waals surface area contributed by atoms with Gasteiger partial charge in [0.1, 0.15) is 0 Å². The third-order valence-electron chi connectivity index (χ3n) is 2.78. The second kappa shape index (κ2) is 4.15. The molecule has 1 fully saturated rings. The number of halogens is 1. The van der Waals surface area contributed by atoms with E-state index in [0.717, 1.165) is 10.9 Å². The lowest BCUT2D eigenvalue weighted by Crippen LogP contribution is -2.04. The van der Waals surface area contributed by atoms with E-state index in [0.29, 0.717) is 0 Å². The van der Waals surface area contributed by atoms with Gasteiger partial charge in [-0.05, 0) is 55.7 Å². The van der Waals surface area contributed by atoms with Crippen LogP contribution in [0.1, 0.15) is 37.2 Å². The first-order chi connectivity index (χ1) is 6.36. The Morgan fingerprint density at radius 2 is 1.62 bits per heavy atom. The maximum absolute atomic E-state index is 5.84. The van der Waals surface area contributed by atoms with E-state index in [4.69, 9.17) is 11.6 Å². The molecular weight excluding hydrogens is 180 g/mol. The zero-order valence-electron chi connectivity index (χ0n) is 7.67. The summed E-state index contributed by atoms with van der Waals surface area (Å²) in [5.74, 6) is 0.766. The number of benzene rings is 1. The summed E-state index contributed by atoms with van der Waals surface area (Å²) in [5, 5.41) is 0.839. The molecule has 1 aliphatic rings. The first-order valence-corrected chi connectivity index (χ1v) is 5.31. The molecule has 1 radical (unpaired) electrons. The van der Waals surface area contributed by atoms with Crippen LogP contribution in [0.3, 0.4) is 0 Å². The summed E-state index contributed by atoms with van der Waals surface area (Å²) in [6.45, 7) is 0. The van der Waals surface area contributed by atoms with E-state index < -0.39 is 0 Å². The highest BCUT2D eigenvalue weighted by Gasteiger charge is 2.14. The van der Waals surface area contributed by atoms with Gasteiger partial charge in [-0.2, -0.15) is 0 Å². The van der Waals surface area contributed by atoms with Crippen molar-refractivity contribution in [3.63, 3.8) is 0 Å². The topological polar surface area (TPSA) is 0 Å². The molecule has 0 N–H and O–H groups in total. The Bertz CT molecular complexity index is 257. The van der Waals surface area contributed by atoms with Crippen molar-refractivity contribution < 1.29 is 0 Å². The van der Waals surface area contributed by atoms with Crippen LogP contribution < -0.4 is 0 Å². The van der Waals surface area contributed by atoms with Crippen molar-refractivity contribution in [2.75, 3.05) is 0 Å². The van der Waals surface area contributed by atoms with Gasteiger partial charge in [0.25, 0.3) is 0 Å². The fourth-order valence-corrected chi connectivity index (χ4v) is 2.12. The minimum absolute atomic E-state index is 0.766. The molecule has 0 amide bonds. The summed E-state index contributed by atoms with van der Waals surface area (Å²) < 4.78 is 0. The highest BCUT2D eigenvalue weighted by molar-refractivity contribution is 6.30. The van der Waals surface area contributed by atoms with Crippen LogP contribution in [0.2, 0.25) is 5.02 Å². The van der Waals surface area contributed by atoms with Gasteiger partial charge in [-0.15, -0.1) is 0 Å². The molecule has 2 rings (SSSR count). The number of rotatable bonds is 1. The Balaban J connectivity index is 2.10. The Labute approximate surface area is 84.9 Å². The molecule has 0 heterocycles. The predicted molar refractivity (Wildman–Crippen MR) is 57.0 cm³/mol. The largest absolute Gasteiger partial charge is 0.0843 e. The molecule has 0 unspecified atom stereocenters. The van der Waals surface area contributed by atoms with Gasteiger partial charge in [-0.25, -0.2) is 0 Å². The lowest BCUT2D eigenvalue weighted by Gasteiger charge is -2.21. The average Bonchev–Trinajstić information content (AvgIpc) is 2.20. The van der Waals surface area contributed by atoms with Crippen LogP contribution >= 0.6 is 11.6 Å². The number of hydrogen-bond donors (Lipinski definition) is 0. The van der Waals surface area contributed by atoms with Crippen molar-refractivity contribution in [1.29, 1.82) is 0 Å². The molecule has 0 aliphatic heterocycles. The van der Waals surface area contributed by atoms with Crippen molar-refractivity contribution in [3.8, 4) is 0 Å². The Kier molecular flexibility index (Phi) is 2.90. The van der Waals surface area contributed by atoms with Crippen molar-refractivity contribution >= 4 is 11.6 Å². The van der Waals surface area contributed by atoms with Gasteiger partial charge in [0, 0.05) is 5.02 Å². The maximum Gasteiger partial charge on any atom is 0.0406 e. The van der Waals surface area contributed by atoms with E-state index in [1.54, 1.807) is 0 Å². The molecular formula is C12H14Cl. The molecule has 13 heavy (non-hydrogen) atoms. The average molecular weight is 194 g/mol. The van der Waals surface area contributed by atoms with Gasteiger partial charge in [0.2, 0.25) is 0 Å². The molecule has 0 aromatic heterocycles. The van der Waals surface area contributed by atoms with E-state index in [2.05, 4.69) is 18.6 Å². The van der Waals surface area contributed by atoms with Crippen molar-refractivity contribution in [1.82, 2.24) is 0 Å². The summed E-state index contributed by atoms with van der Waals surface area (Å²) in [4.78, 5) is 0. The fourth-order valence-electron chi connectivity index (χ4n) is 2.00. The first kappa shape index (κ1) is 9.08. The predicted octanol–water partition coefficient (Wildman–Crippen LogP) is 4.20. The van der Waals surface area contributed by atoms with Crippen molar-refractivity contribution in [2.24, 2.45) is 0 Å². The molecule has 1 heteroatoms. The van der Waals surface area contributed by atoms with E-state index in [-0.39, 0.29) is 0 Å². The molecule has 0 atom stereocenters. The molecule has 1 aromatic rings. The molecule has 0 nitrogen and oxygen atoms in total. The third kappa shape index (κ3) is 2.25. The summed E-state index contributed by atoms with van der Waals surface area (Å²) in [5.41, 5.74) is 1.46. The maximum atomic E-state index is 5.84. The summed E-state index contributed by atoms with van der Waals surface area (Å²) in [6.07, 6.45) is 7.55. The van der Waals surface area contributed by atoms with Crippen LogP contribution in [0.4, 0.5) is 0 Å². The Morgan fingerprint density at radius 1 is 1.00 bits per heavy atom. The second-order valence-electron chi connectivity index (χ2n) is 3.69. The SMILES string of the molecule is Clc1ccc(C2CC[CH]CC2)cc1. The highest BCUT2D eigenvalue weighted by atomic mass is 35.5. The highest BCUT2D eigenvalue weighted by Crippen LogP contribution is 2.32. The minimum atomic E-state index is 0.766. The van der Waals surface area contributed by atoms with Gasteiger partial charge >= 0.3 is 0 Å². The van der Waals surface area contributed by atoms with Gasteiger partial charge in [-0.1, -0.05) is 23.7 Å². The molecule has 1 saturated carbocycles. The monoisotopic (exact) mass is 193 g/mol. The second-order valence-corrected chi connectivity index (χ2v) is 4.13. The van der Waals surface area contributed by atoms with Crippen LogP contribution in [0.25, 0.3) is 0 Å². The molecule has 1 aromatic carbocycles. The first-order valence-electron chi connectivity index (χ1n) is 4.93. The zero-order chi connectivity index (χ0) is 9.10.